The molecule has 0 aliphatic heterocycles. The third kappa shape index (κ3) is 40.1. The van der Waals surface area contributed by atoms with E-state index in [1.54, 1.807) is 0 Å². The third-order valence-electron chi connectivity index (χ3n) is 0.872. The Morgan fingerprint density at radius 2 is 1.80 bits per heavy atom. The number of rotatable bonds is 0. The van der Waals surface area contributed by atoms with E-state index in [0.29, 0.717) is 0 Å². The monoisotopic (exact) mass is 432 g/mol. The van der Waals surface area contributed by atoms with Gasteiger partial charge in [0.05, 0.1) is 0 Å². The van der Waals surface area contributed by atoms with Crippen molar-refractivity contribution < 1.29 is 55.5 Å². The van der Waals surface area contributed by atoms with Crippen LogP contribution in [0.2, 0.25) is 13.1 Å². The minimum atomic E-state index is 0. The summed E-state index contributed by atoms with van der Waals surface area (Å²) in [7, 11) is 0.750. The fourth-order valence-corrected chi connectivity index (χ4v) is 0.499. The smallest absolute Gasteiger partial charge is 1.00 e. The van der Waals surface area contributed by atoms with Gasteiger partial charge in [0.25, 0.3) is 0 Å². The van der Waals surface area contributed by atoms with Crippen LogP contribution in [-0.4, -0.2) is 15.9 Å². The van der Waals surface area contributed by atoms with Crippen molar-refractivity contribution >= 4 is 15.9 Å². The van der Waals surface area contributed by atoms with E-state index in [1.807, 2.05) is 6.08 Å². The van der Waals surface area contributed by atoms with Crippen molar-refractivity contribution in [3.05, 3.63) is 29.5 Å². The molecular weight excluding hydrogens is 416 g/mol. The van der Waals surface area contributed by atoms with Crippen LogP contribution in [0, 0.1) is 6.08 Å². The molecule has 0 aromatic rings. The average Bonchev–Trinajstić information content (AvgIpc) is 2.43. The Morgan fingerprint density at radius 3 is 1.87 bits per heavy atom. The molecule has 0 saturated carbocycles. The number of nitrogens with one attached hydrogen (secondary N) is 1. The number of carbonyl (C=O) groups is 1. The summed E-state index contributed by atoms with van der Waals surface area (Å²) in [5.74, 6) is 0. The van der Waals surface area contributed by atoms with E-state index in [1.165, 1.54) is 5.57 Å². The number of carbonyl (C=O) groups excluding carboxylic acids is 1. The number of allylic oxidation sites excluding steroid dienone is 4. The van der Waals surface area contributed by atoms with Gasteiger partial charge >= 0.3 is 25.8 Å². The van der Waals surface area contributed by atoms with Gasteiger partial charge in [0, 0.05) is 15.9 Å². The summed E-state index contributed by atoms with van der Waals surface area (Å²) in [6, 6.07) is 0. The van der Waals surface area contributed by atoms with Gasteiger partial charge in [-0.15, -0.1) is 13.3 Å². The van der Waals surface area contributed by atoms with Crippen LogP contribution in [0.25, 0.3) is 5.73 Å². The summed E-state index contributed by atoms with van der Waals surface area (Å²) in [4.78, 5) is 8.47. The first-order valence-electron chi connectivity index (χ1n) is 3.81. The van der Waals surface area contributed by atoms with Crippen LogP contribution in [0.5, 0.6) is 0 Å². The van der Waals surface area contributed by atoms with Crippen LogP contribution in [0.1, 0.15) is 13.3 Å². The molecule has 0 fully saturated rings. The van der Waals surface area contributed by atoms with E-state index in [9.17, 15) is 0 Å². The van der Waals surface area contributed by atoms with Gasteiger partial charge in [-0.05, 0) is 0 Å². The van der Waals surface area contributed by atoms with E-state index in [4.69, 9.17) is 10.5 Å². The minimum Gasteiger partial charge on any atom is -1.00 e. The maximum atomic E-state index is 8.47. The van der Waals surface area contributed by atoms with Crippen molar-refractivity contribution in [1.82, 2.24) is 0 Å². The Hall–Kier alpha value is 0.617. The topological polar surface area (TPSA) is 40.9 Å². The Kier molecular flexibility index (Phi) is 57.8. The first-order chi connectivity index (χ1) is 5.72. The Balaban J connectivity index is -0.0000000333. The summed E-state index contributed by atoms with van der Waals surface area (Å²) >= 11 is 0. The van der Waals surface area contributed by atoms with Crippen LogP contribution in [-0.2, 0) is 30.6 Å². The summed E-state index contributed by atoms with van der Waals surface area (Å²) in [6.45, 7) is 6.50. The molecule has 1 amide bonds. The fourth-order valence-electron chi connectivity index (χ4n) is 0.499. The minimum absolute atomic E-state index is 0. The van der Waals surface area contributed by atoms with E-state index >= 15 is 0 Å². The second kappa shape index (κ2) is 29.3. The normalized spacial score (nSPS) is 9.40. The summed E-state index contributed by atoms with van der Waals surface area (Å²) < 4.78 is 0. The second-order valence-corrected chi connectivity index (χ2v) is 3.35. The SMILES string of the molecule is CC1=CC[C-]=C1.C[SiH]C.[Cl-].[Cl-].[Hf+4].[NH-]C=O. The van der Waals surface area contributed by atoms with Gasteiger partial charge in [-0.25, -0.2) is 11.6 Å². The maximum Gasteiger partial charge on any atom is 4.00 e. The molecule has 0 bridgehead atoms. The third-order valence-corrected chi connectivity index (χ3v) is 0.872. The van der Waals surface area contributed by atoms with E-state index in [-0.39, 0.29) is 57.1 Å². The number of halogens is 2. The zero-order valence-electron chi connectivity index (χ0n) is 9.18. The van der Waals surface area contributed by atoms with E-state index in [2.05, 4.69) is 32.2 Å². The van der Waals surface area contributed by atoms with Gasteiger partial charge in [-0.2, -0.15) is 6.08 Å². The van der Waals surface area contributed by atoms with Crippen molar-refractivity contribution in [2.24, 2.45) is 0 Å². The summed E-state index contributed by atoms with van der Waals surface area (Å²) in [6.07, 6.45) is 8.24. The predicted molar refractivity (Wildman–Crippen MR) is 55.4 cm³/mol. The molecule has 0 atom stereocenters. The molecule has 85 valence electrons. The molecule has 1 radical (unpaired) electrons. The molecular formula is C9H16Cl2HfNOSi. The van der Waals surface area contributed by atoms with Crippen molar-refractivity contribution in [3.8, 4) is 0 Å². The molecule has 1 aliphatic rings. The molecule has 1 aliphatic carbocycles. The number of amides is 1. The second-order valence-electron chi connectivity index (χ2n) is 2.20. The largest absolute Gasteiger partial charge is 4.00 e. The van der Waals surface area contributed by atoms with Crippen LogP contribution in [0.3, 0.4) is 0 Å². The molecule has 0 unspecified atom stereocenters. The van der Waals surface area contributed by atoms with Crippen molar-refractivity contribution in [1.29, 1.82) is 0 Å². The van der Waals surface area contributed by atoms with Crippen molar-refractivity contribution in [2.45, 2.75) is 26.4 Å². The molecule has 0 saturated heterocycles. The molecule has 0 spiro atoms. The molecule has 2 nitrogen and oxygen atoms in total. The summed E-state index contributed by atoms with van der Waals surface area (Å²) in [5, 5.41) is 0. The first-order valence-corrected chi connectivity index (χ1v) is 6.12. The molecule has 0 aromatic carbocycles. The van der Waals surface area contributed by atoms with Crippen LogP contribution >= 0.6 is 0 Å². The predicted octanol–water partition coefficient (Wildman–Crippen LogP) is -3.58. The van der Waals surface area contributed by atoms with E-state index < -0.39 is 0 Å². The Bertz CT molecular complexity index is 163. The zero-order valence-corrected chi connectivity index (χ0v) is 15.4. The molecule has 15 heavy (non-hydrogen) atoms. The summed E-state index contributed by atoms with van der Waals surface area (Å²) in [5.41, 5.74) is 6.87. The van der Waals surface area contributed by atoms with Gasteiger partial charge in [-0.3, -0.25) is 6.08 Å². The van der Waals surface area contributed by atoms with Gasteiger partial charge in [-0.1, -0.05) is 13.1 Å². The van der Waals surface area contributed by atoms with Crippen LogP contribution in [0.15, 0.2) is 17.7 Å². The number of hydrogen-bond acceptors (Lipinski definition) is 1. The Morgan fingerprint density at radius 1 is 1.47 bits per heavy atom. The first kappa shape index (κ1) is 29.6. The fraction of sp³-hybridized carbons (Fsp3) is 0.444. The molecule has 1 N–H and O–H groups in total. The van der Waals surface area contributed by atoms with Gasteiger partial charge in [0.15, 0.2) is 0 Å². The maximum absolute atomic E-state index is 8.47. The molecule has 0 heterocycles. The zero-order chi connectivity index (χ0) is 9.82. The van der Waals surface area contributed by atoms with Crippen molar-refractivity contribution in [2.75, 3.05) is 0 Å². The molecule has 6 heteroatoms. The van der Waals surface area contributed by atoms with Crippen molar-refractivity contribution in [3.63, 3.8) is 0 Å². The van der Waals surface area contributed by atoms with Crippen LogP contribution in [0.4, 0.5) is 0 Å². The van der Waals surface area contributed by atoms with Gasteiger partial charge < -0.3 is 35.3 Å². The van der Waals surface area contributed by atoms with Gasteiger partial charge in [0.2, 0.25) is 0 Å². The number of hydrogen-bond donors (Lipinski definition) is 0. The molecule has 1 rings (SSSR count). The quantitative estimate of drug-likeness (QED) is 0.222. The average molecular weight is 432 g/mol. The standard InChI is InChI=1S/C6H7.C2H7Si.CH3NO.2ClH.Hf/c1-6-4-2-3-5-6;1-3-2;2-1-3;;;/h4-5H,2H2,1H3;3H,1-2H3;1H,(H2,2,3);2*1H;/q-1;;;;;+4/p-3. The van der Waals surface area contributed by atoms with E-state index in [0.717, 1.165) is 15.9 Å². The van der Waals surface area contributed by atoms with Crippen LogP contribution < -0.4 is 24.8 Å². The van der Waals surface area contributed by atoms with Gasteiger partial charge in [0.1, 0.15) is 0 Å². The Labute approximate surface area is 127 Å². The molecule has 0 aromatic heterocycles.